The number of benzene rings is 7. The van der Waals surface area contributed by atoms with Crippen molar-refractivity contribution in [1.82, 2.24) is 4.67 Å². The Morgan fingerprint density at radius 3 is 1.40 bits per heavy atom. The largest absolute Gasteiger partial charge is 0.475 e. The average Bonchev–Trinajstić information content (AvgIpc) is 3.91. The molecular weight excluding hydrogens is 800 g/mol. The van der Waals surface area contributed by atoms with Crippen molar-refractivity contribution in [3.8, 4) is 0 Å². The Labute approximate surface area is 371 Å². The molecule has 0 bridgehead atoms. The topological polar surface area (TPSA) is 61.8 Å². The van der Waals surface area contributed by atoms with E-state index in [0.717, 1.165) is 45.4 Å². The summed E-state index contributed by atoms with van der Waals surface area (Å²) < 4.78 is 39.4. The lowest BCUT2D eigenvalue weighted by Crippen LogP contribution is -2.53. The molecule has 2 fully saturated rings. The lowest BCUT2D eigenvalue weighted by Gasteiger charge is -2.41. The third-order valence-electron chi connectivity index (χ3n) is 12.2. The first kappa shape index (κ1) is 41.3. The van der Waals surface area contributed by atoms with Crippen LogP contribution in [-0.2, 0) is 54.0 Å². The molecule has 7 nitrogen and oxygen atoms in total. The summed E-state index contributed by atoms with van der Waals surface area (Å²) in [6.45, 7) is 5.49. The van der Waals surface area contributed by atoms with Gasteiger partial charge in [0.15, 0.2) is 17.0 Å². The first-order valence-corrected chi connectivity index (χ1v) is 22.9. The van der Waals surface area contributed by atoms with E-state index < -0.39 is 37.7 Å². The highest BCUT2D eigenvalue weighted by Crippen LogP contribution is 2.66. The maximum absolute atomic E-state index is 8.03. The number of hydrogen-bond donors (Lipinski definition) is 0. The second-order valence-electron chi connectivity index (χ2n) is 16.9. The molecule has 316 valence electrons. The van der Waals surface area contributed by atoms with E-state index in [1.54, 1.807) is 0 Å². The third-order valence-corrected chi connectivity index (χ3v) is 13.9. The van der Waals surface area contributed by atoms with Crippen molar-refractivity contribution in [1.29, 1.82) is 0 Å². The van der Waals surface area contributed by atoms with Crippen molar-refractivity contribution in [2.45, 2.75) is 68.6 Å². The van der Waals surface area contributed by atoms with Crippen LogP contribution in [0.15, 0.2) is 211 Å². The molecule has 3 aliphatic rings. The lowest BCUT2D eigenvalue weighted by atomic mass is 9.72. The zero-order chi connectivity index (χ0) is 42.7. The smallest absolute Gasteiger partial charge is 0.262 e. The predicted octanol–water partition coefficient (Wildman–Crippen LogP) is 11.8. The molecule has 0 aliphatic carbocycles. The van der Waals surface area contributed by atoms with Gasteiger partial charge >= 0.3 is 0 Å². The first-order chi connectivity index (χ1) is 30.9. The molecule has 7 aromatic carbocycles. The number of rotatable bonds is 12. The molecule has 0 unspecified atom stereocenters. The van der Waals surface area contributed by atoms with Crippen molar-refractivity contribution < 1.29 is 23.3 Å². The number of nitrogens with zero attached hydrogens (tertiary/aromatic N) is 2. The molecule has 0 radical (unpaired) electrons. The molecule has 0 spiro atoms. The summed E-state index contributed by atoms with van der Waals surface area (Å²) in [5.41, 5.74) is 5.74. The summed E-state index contributed by atoms with van der Waals surface area (Å²) in [5.74, 6) is -0.333. The maximum atomic E-state index is 8.03. The highest BCUT2D eigenvalue weighted by molar-refractivity contribution is 7.44. The van der Waals surface area contributed by atoms with Crippen LogP contribution < -0.4 is 0 Å². The van der Waals surface area contributed by atoms with Gasteiger partial charge in [0.2, 0.25) is 5.90 Å². The summed E-state index contributed by atoms with van der Waals surface area (Å²) in [4.78, 5) is 5.18. The quantitative estimate of drug-likeness (QED) is 0.114. The van der Waals surface area contributed by atoms with Gasteiger partial charge in [-0.25, -0.2) is 9.66 Å². The van der Waals surface area contributed by atoms with Gasteiger partial charge in [-0.05, 0) is 65.3 Å². The van der Waals surface area contributed by atoms with Crippen LogP contribution in [0.1, 0.15) is 58.4 Å². The van der Waals surface area contributed by atoms with E-state index in [1.165, 1.54) is 5.56 Å². The number of ether oxygens (including phenoxy) is 3. The molecule has 3 aliphatic heterocycles. The summed E-state index contributed by atoms with van der Waals surface area (Å²) in [7, 11) is -2.01. The predicted molar refractivity (Wildman–Crippen MR) is 249 cm³/mol. The molecule has 0 aromatic heterocycles. The van der Waals surface area contributed by atoms with E-state index >= 15 is 0 Å². The number of fused-ring (bicyclic) bond motifs is 1. The van der Waals surface area contributed by atoms with Crippen molar-refractivity contribution in [3.05, 3.63) is 251 Å². The van der Waals surface area contributed by atoms with Gasteiger partial charge < -0.3 is 23.3 Å². The summed E-state index contributed by atoms with van der Waals surface area (Å²) in [6.07, 6.45) is -0.553. The van der Waals surface area contributed by atoms with E-state index in [9.17, 15) is 0 Å². The number of hydrogen-bond acceptors (Lipinski definition) is 7. The second-order valence-corrected chi connectivity index (χ2v) is 18.3. The van der Waals surface area contributed by atoms with Gasteiger partial charge in [-0.3, -0.25) is 0 Å². The SMILES string of the molecule is CC1(C)O[C@H]2[C@H](O1)C(c1ccccc1)(c1ccccc1)OP(N(Cc1ccccc1)Cc1ccccc1C1=N[C@@H](Cc3ccccc3)CO1)OC2(c1ccccc1)c1ccccc1. The normalized spacial score (nSPS) is 21.3. The van der Waals surface area contributed by atoms with Gasteiger partial charge in [0.05, 0.1) is 6.04 Å². The molecule has 3 atom stereocenters. The highest BCUT2D eigenvalue weighted by Gasteiger charge is 2.67. The van der Waals surface area contributed by atoms with Crippen LogP contribution in [-0.4, -0.2) is 41.2 Å². The molecule has 63 heavy (non-hydrogen) atoms. The van der Waals surface area contributed by atoms with Crippen LogP contribution in [0.5, 0.6) is 0 Å². The van der Waals surface area contributed by atoms with Crippen LogP contribution in [0.2, 0.25) is 0 Å². The molecule has 0 N–H and O–H groups in total. The second kappa shape index (κ2) is 17.8. The van der Waals surface area contributed by atoms with Crippen molar-refractivity contribution >= 4 is 14.4 Å². The summed E-state index contributed by atoms with van der Waals surface area (Å²) >= 11 is 0. The Kier molecular flexibility index (Phi) is 11.6. The highest BCUT2D eigenvalue weighted by atomic mass is 31.2. The molecule has 0 saturated carbocycles. The fraction of sp³-hybridized carbons (Fsp3) is 0.218. The fourth-order valence-electron chi connectivity index (χ4n) is 9.37. The molecule has 3 heterocycles. The van der Waals surface area contributed by atoms with Gasteiger partial charge in [0.25, 0.3) is 8.53 Å². The van der Waals surface area contributed by atoms with E-state index in [2.05, 4.69) is 181 Å². The zero-order valence-corrected chi connectivity index (χ0v) is 36.5. The Morgan fingerprint density at radius 2 is 0.921 bits per heavy atom. The molecule has 8 heteroatoms. The number of aliphatic imine (C=N–C) groups is 1. The minimum absolute atomic E-state index is 0.0205. The Bertz CT molecular complexity index is 2430. The Hall–Kier alpha value is -5.76. The van der Waals surface area contributed by atoms with Crippen LogP contribution >= 0.6 is 8.53 Å². The van der Waals surface area contributed by atoms with Gasteiger partial charge in [-0.15, -0.1) is 0 Å². The van der Waals surface area contributed by atoms with Gasteiger partial charge in [-0.1, -0.05) is 200 Å². The van der Waals surface area contributed by atoms with Gasteiger partial charge in [0.1, 0.15) is 18.8 Å². The minimum Gasteiger partial charge on any atom is -0.475 e. The van der Waals surface area contributed by atoms with Crippen molar-refractivity contribution in [2.75, 3.05) is 6.61 Å². The van der Waals surface area contributed by atoms with Gasteiger partial charge in [0, 0.05) is 18.7 Å². The van der Waals surface area contributed by atoms with Crippen LogP contribution in [0.3, 0.4) is 0 Å². The molecule has 7 aromatic rings. The average molecular weight is 851 g/mol. The standard InChI is InChI=1S/C55H51N2O5P/c1-53(2)59-50-51(60-53)55(46-32-17-7-18-33-46,47-34-19-8-20-35-47)62-63(61-54(50,44-28-13-5-14-29-44)45-30-15-6-16-31-45)57(38-42-25-11-4-12-26-42)39-43-27-21-22-36-49(43)52-56-48(40-58-52)37-41-23-9-3-10-24-41/h3-36,48,50-51H,37-40H2,1-2H3/t48-,50-,51-/m0/s1. The first-order valence-electron chi connectivity index (χ1n) is 21.8. The van der Waals surface area contributed by atoms with E-state index in [-0.39, 0.29) is 6.04 Å². The fourth-order valence-corrected chi connectivity index (χ4v) is 11.3. The Balaban J connectivity index is 1.18. The third kappa shape index (κ3) is 8.18. The molecule has 2 saturated heterocycles. The molecule has 0 amide bonds. The van der Waals surface area contributed by atoms with E-state index in [0.29, 0.717) is 25.6 Å². The van der Waals surface area contributed by atoms with E-state index in [1.807, 2.05) is 44.2 Å². The van der Waals surface area contributed by atoms with E-state index in [4.69, 9.17) is 28.3 Å². The lowest BCUT2D eigenvalue weighted by molar-refractivity contribution is -0.175. The van der Waals surface area contributed by atoms with Crippen LogP contribution in [0, 0.1) is 0 Å². The van der Waals surface area contributed by atoms with Gasteiger partial charge in [-0.2, -0.15) is 0 Å². The molecular formula is C55H51N2O5P. The summed E-state index contributed by atoms with van der Waals surface area (Å²) in [5, 5.41) is 0. The van der Waals surface area contributed by atoms with Crippen LogP contribution in [0.4, 0.5) is 0 Å². The maximum Gasteiger partial charge on any atom is 0.262 e. The summed E-state index contributed by atoms with van der Waals surface area (Å²) in [6, 6.07) is 71.4. The Morgan fingerprint density at radius 1 is 0.508 bits per heavy atom. The van der Waals surface area contributed by atoms with Crippen LogP contribution in [0.25, 0.3) is 0 Å². The molecule has 10 rings (SSSR count). The monoisotopic (exact) mass is 850 g/mol. The van der Waals surface area contributed by atoms with Crippen molar-refractivity contribution in [3.63, 3.8) is 0 Å². The zero-order valence-electron chi connectivity index (χ0n) is 35.6. The van der Waals surface area contributed by atoms with Crippen molar-refractivity contribution in [2.24, 2.45) is 4.99 Å². The minimum atomic E-state index is -2.01.